The van der Waals surface area contributed by atoms with Gasteiger partial charge >= 0.3 is 18.1 Å². The second kappa shape index (κ2) is 12.6. The van der Waals surface area contributed by atoms with Crippen LogP contribution in [0, 0.1) is 0 Å². The lowest BCUT2D eigenvalue weighted by Gasteiger charge is -2.22. The third-order valence-electron chi connectivity index (χ3n) is 5.92. The molecule has 2 aromatic rings. The molecule has 0 radical (unpaired) electrons. The van der Waals surface area contributed by atoms with Crippen LogP contribution in [-0.4, -0.2) is 31.2 Å². The second-order valence-electron chi connectivity index (χ2n) is 8.52. The van der Waals surface area contributed by atoms with Crippen molar-refractivity contribution >= 4 is 11.9 Å². The first-order chi connectivity index (χ1) is 16.3. The summed E-state index contributed by atoms with van der Waals surface area (Å²) in [5.41, 5.74) is 3.60. The standard InChI is InChI=1S/C26H30F3NO4/c27-26(28,29)25(32)34-24(31)15-17-30-16-14-19-8-12-23(13-9-19)33-18-20-6-10-22(11-7-20)21-4-2-1-3-5-21/h6-13,21,30H,1-5,14-18H2. The minimum Gasteiger partial charge on any atom is -0.489 e. The summed E-state index contributed by atoms with van der Waals surface area (Å²) in [6.07, 6.45) is 1.74. The van der Waals surface area contributed by atoms with Gasteiger partial charge in [-0.2, -0.15) is 13.2 Å². The molecule has 0 saturated heterocycles. The Morgan fingerprint density at radius 3 is 2.18 bits per heavy atom. The minimum atomic E-state index is -5.17. The van der Waals surface area contributed by atoms with Gasteiger partial charge in [-0.25, -0.2) is 4.79 Å². The highest BCUT2D eigenvalue weighted by molar-refractivity contribution is 5.88. The van der Waals surface area contributed by atoms with Crippen molar-refractivity contribution in [2.75, 3.05) is 13.1 Å². The smallest absolute Gasteiger partial charge is 0.489 e. The number of benzene rings is 2. The van der Waals surface area contributed by atoms with E-state index in [0.29, 0.717) is 25.5 Å². The number of carbonyl (C=O) groups excluding carboxylic acids is 2. The Kier molecular flexibility index (Phi) is 9.51. The molecule has 1 saturated carbocycles. The largest absolute Gasteiger partial charge is 0.491 e. The van der Waals surface area contributed by atoms with Crippen molar-refractivity contribution in [2.24, 2.45) is 0 Å². The van der Waals surface area contributed by atoms with E-state index in [-0.39, 0.29) is 13.0 Å². The van der Waals surface area contributed by atoms with Gasteiger partial charge in [0.1, 0.15) is 12.4 Å². The van der Waals surface area contributed by atoms with Crippen LogP contribution in [-0.2, 0) is 27.4 Å². The summed E-state index contributed by atoms with van der Waals surface area (Å²) in [7, 11) is 0. The third-order valence-corrected chi connectivity index (χ3v) is 5.92. The predicted molar refractivity (Wildman–Crippen MR) is 121 cm³/mol. The molecule has 1 aliphatic carbocycles. The molecule has 0 amide bonds. The number of hydrogen-bond donors (Lipinski definition) is 1. The van der Waals surface area contributed by atoms with Gasteiger partial charge in [-0.1, -0.05) is 55.7 Å². The molecule has 0 spiro atoms. The van der Waals surface area contributed by atoms with E-state index < -0.39 is 18.1 Å². The first kappa shape index (κ1) is 25.7. The molecule has 0 aliphatic heterocycles. The Bertz CT molecular complexity index is 921. The van der Waals surface area contributed by atoms with Crippen LogP contribution < -0.4 is 10.1 Å². The normalized spacial score (nSPS) is 14.6. The first-order valence-corrected chi connectivity index (χ1v) is 11.6. The fraction of sp³-hybridized carbons (Fsp3) is 0.462. The van der Waals surface area contributed by atoms with E-state index in [4.69, 9.17) is 4.74 Å². The maximum atomic E-state index is 12.0. The van der Waals surface area contributed by atoms with Gasteiger partial charge in [0.05, 0.1) is 6.42 Å². The SMILES string of the molecule is O=C(CCNCCc1ccc(OCc2ccc(C3CCCCC3)cc2)cc1)OC(=O)C(F)(F)F. The monoisotopic (exact) mass is 477 g/mol. The lowest BCUT2D eigenvalue weighted by Crippen LogP contribution is -2.29. The third kappa shape index (κ3) is 8.48. The van der Waals surface area contributed by atoms with Gasteiger partial charge in [-0.3, -0.25) is 4.79 Å². The Morgan fingerprint density at radius 2 is 1.53 bits per heavy atom. The number of hydrogen-bond acceptors (Lipinski definition) is 5. The number of alkyl halides is 3. The Hall–Kier alpha value is -2.87. The van der Waals surface area contributed by atoms with E-state index in [1.54, 1.807) is 0 Å². The number of ether oxygens (including phenoxy) is 2. The fourth-order valence-electron chi connectivity index (χ4n) is 4.00. The van der Waals surface area contributed by atoms with Gasteiger partial charge in [0.15, 0.2) is 0 Å². The summed E-state index contributed by atoms with van der Waals surface area (Å²) in [4.78, 5) is 21.8. The van der Waals surface area contributed by atoms with Gasteiger partial charge in [-0.15, -0.1) is 0 Å². The topological polar surface area (TPSA) is 64.6 Å². The molecule has 1 aliphatic rings. The van der Waals surface area contributed by atoms with Crippen LogP contribution >= 0.6 is 0 Å². The maximum Gasteiger partial charge on any atom is 0.491 e. The number of esters is 2. The Labute approximate surface area is 197 Å². The van der Waals surface area contributed by atoms with Crippen molar-refractivity contribution in [3.63, 3.8) is 0 Å². The van der Waals surface area contributed by atoms with Crippen LogP contribution in [0.25, 0.3) is 0 Å². The van der Waals surface area contributed by atoms with Gasteiger partial charge in [0.2, 0.25) is 0 Å². The van der Waals surface area contributed by atoms with E-state index in [0.717, 1.165) is 16.9 Å². The van der Waals surface area contributed by atoms with Crippen LogP contribution in [0.15, 0.2) is 48.5 Å². The van der Waals surface area contributed by atoms with Crippen molar-refractivity contribution < 1.29 is 32.2 Å². The molecule has 5 nitrogen and oxygen atoms in total. The van der Waals surface area contributed by atoms with Gasteiger partial charge in [0, 0.05) is 6.54 Å². The average Bonchev–Trinajstić information content (AvgIpc) is 2.83. The zero-order chi connectivity index (χ0) is 24.4. The van der Waals surface area contributed by atoms with Crippen LogP contribution in [0.4, 0.5) is 13.2 Å². The summed E-state index contributed by atoms with van der Waals surface area (Å²) >= 11 is 0. The van der Waals surface area contributed by atoms with Gasteiger partial charge < -0.3 is 14.8 Å². The lowest BCUT2D eigenvalue weighted by atomic mass is 9.84. The summed E-state index contributed by atoms with van der Waals surface area (Å²) < 4.78 is 45.7. The predicted octanol–water partition coefficient (Wildman–Crippen LogP) is 5.47. The maximum absolute atomic E-state index is 12.0. The fourth-order valence-corrected chi connectivity index (χ4v) is 4.00. The van der Waals surface area contributed by atoms with Crippen molar-refractivity contribution in [3.8, 4) is 5.75 Å². The van der Waals surface area contributed by atoms with E-state index in [2.05, 4.69) is 34.3 Å². The molecule has 1 N–H and O–H groups in total. The number of rotatable bonds is 10. The lowest BCUT2D eigenvalue weighted by molar-refractivity contribution is -0.201. The highest BCUT2D eigenvalue weighted by atomic mass is 19.4. The average molecular weight is 478 g/mol. The number of halogens is 3. The van der Waals surface area contributed by atoms with Crippen LogP contribution in [0.2, 0.25) is 0 Å². The second-order valence-corrected chi connectivity index (χ2v) is 8.52. The molecule has 184 valence electrons. The molecule has 3 rings (SSSR count). The molecular formula is C26H30F3NO4. The van der Waals surface area contributed by atoms with Crippen molar-refractivity contribution in [1.29, 1.82) is 0 Å². The minimum absolute atomic E-state index is 0.116. The summed E-state index contributed by atoms with van der Waals surface area (Å²) in [5.74, 6) is -2.24. The van der Waals surface area contributed by atoms with E-state index >= 15 is 0 Å². The highest BCUT2D eigenvalue weighted by Gasteiger charge is 2.42. The molecular weight excluding hydrogens is 447 g/mol. The van der Waals surface area contributed by atoms with Crippen LogP contribution in [0.5, 0.6) is 5.75 Å². The zero-order valence-corrected chi connectivity index (χ0v) is 19.0. The van der Waals surface area contributed by atoms with Crippen molar-refractivity contribution in [1.82, 2.24) is 5.32 Å². The van der Waals surface area contributed by atoms with Crippen molar-refractivity contribution in [3.05, 3.63) is 65.2 Å². The van der Waals surface area contributed by atoms with E-state index in [9.17, 15) is 22.8 Å². The van der Waals surface area contributed by atoms with Gasteiger partial charge in [0.25, 0.3) is 0 Å². The summed E-state index contributed by atoms with van der Waals surface area (Å²) in [6, 6.07) is 16.4. The molecule has 0 aromatic heterocycles. The van der Waals surface area contributed by atoms with Crippen LogP contribution in [0.3, 0.4) is 0 Å². The van der Waals surface area contributed by atoms with Crippen molar-refractivity contribution in [2.45, 2.75) is 63.6 Å². The molecule has 34 heavy (non-hydrogen) atoms. The molecule has 8 heteroatoms. The highest BCUT2D eigenvalue weighted by Crippen LogP contribution is 2.32. The summed E-state index contributed by atoms with van der Waals surface area (Å²) in [6.45, 7) is 1.14. The number of carbonyl (C=O) groups is 2. The first-order valence-electron chi connectivity index (χ1n) is 11.6. The molecule has 2 aromatic carbocycles. The molecule has 0 heterocycles. The van der Waals surface area contributed by atoms with E-state index in [1.807, 2.05) is 24.3 Å². The van der Waals surface area contributed by atoms with E-state index in [1.165, 1.54) is 37.7 Å². The van der Waals surface area contributed by atoms with Crippen LogP contribution in [0.1, 0.15) is 61.1 Å². The molecule has 0 unspecified atom stereocenters. The molecule has 1 fully saturated rings. The Morgan fingerprint density at radius 1 is 0.882 bits per heavy atom. The zero-order valence-electron chi connectivity index (χ0n) is 19.0. The molecule has 0 atom stereocenters. The summed E-state index contributed by atoms with van der Waals surface area (Å²) in [5, 5.41) is 2.94. The molecule has 0 bridgehead atoms. The quantitative estimate of drug-likeness (QED) is 0.279. The van der Waals surface area contributed by atoms with Gasteiger partial charge in [-0.05, 0) is 60.5 Å². The number of nitrogens with one attached hydrogen (secondary N) is 1. The Balaban J connectivity index is 1.32.